The minimum Gasteiger partial charge on any atom is -0.378 e. The fourth-order valence-corrected chi connectivity index (χ4v) is 2.31. The second-order valence-electron chi connectivity index (χ2n) is 4.34. The molecule has 1 N–H and O–H groups in total. The average Bonchev–Trinajstić information content (AvgIpc) is 2.75. The van der Waals surface area contributed by atoms with Crippen LogP contribution in [0.2, 0.25) is 0 Å². The molecule has 0 saturated heterocycles. The fourth-order valence-electron chi connectivity index (χ4n) is 2.31. The molecule has 0 fully saturated rings. The number of aryl methyl sites for hydroxylation is 2. The van der Waals surface area contributed by atoms with Gasteiger partial charge in [-0.3, -0.25) is 4.68 Å². The van der Waals surface area contributed by atoms with Crippen molar-refractivity contribution in [2.75, 3.05) is 5.32 Å². The van der Waals surface area contributed by atoms with Crippen molar-refractivity contribution in [1.82, 2.24) is 9.78 Å². The molecular weight excluding hydrogens is 198 g/mol. The van der Waals surface area contributed by atoms with E-state index >= 15 is 0 Å². The topological polar surface area (TPSA) is 29.9 Å². The standard InChI is InChI=1S/C13H15N3/c1-16-9-11(8-14-16)13-7-6-10-4-2-3-5-12(10)15-13/h2-5,8-9,13,15H,6-7H2,1H3/t13-/m0/s1. The number of nitrogens with zero attached hydrogens (tertiary/aromatic N) is 2. The van der Waals surface area contributed by atoms with Gasteiger partial charge in [-0.2, -0.15) is 5.10 Å². The summed E-state index contributed by atoms with van der Waals surface area (Å²) in [7, 11) is 1.96. The zero-order valence-corrected chi connectivity index (χ0v) is 9.35. The van der Waals surface area contributed by atoms with Crippen LogP contribution in [0.15, 0.2) is 36.7 Å². The van der Waals surface area contributed by atoms with E-state index in [0.717, 1.165) is 12.8 Å². The van der Waals surface area contributed by atoms with Crippen LogP contribution in [0.5, 0.6) is 0 Å². The van der Waals surface area contributed by atoms with Crippen LogP contribution in [0.25, 0.3) is 0 Å². The Morgan fingerprint density at radius 2 is 2.25 bits per heavy atom. The molecule has 82 valence electrons. The molecule has 3 nitrogen and oxygen atoms in total. The minimum atomic E-state index is 0.406. The fraction of sp³-hybridized carbons (Fsp3) is 0.308. The quantitative estimate of drug-likeness (QED) is 0.788. The third-order valence-electron chi connectivity index (χ3n) is 3.18. The molecule has 0 spiro atoms. The first kappa shape index (κ1) is 9.46. The number of hydrogen-bond donors (Lipinski definition) is 1. The van der Waals surface area contributed by atoms with E-state index in [1.807, 2.05) is 17.9 Å². The van der Waals surface area contributed by atoms with Crippen LogP contribution in [-0.2, 0) is 13.5 Å². The number of rotatable bonds is 1. The maximum atomic E-state index is 4.22. The molecule has 0 amide bonds. The Morgan fingerprint density at radius 1 is 1.38 bits per heavy atom. The van der Waals surface area contributed by atoms with Crippen molar-refractivity contribution < 1.29 is 0 Å². The monoisotopic (exact) mass is 213 g/mol. The molecule has 0 unspecified atom stereocenters. The van der Waals surface area contributed by atoms with Crippen LogP contribution in [0.1, 0.15) is 23.6 Å². The van der Waals surface area contributed by atoms with Crippen molar-refractivity contribution >= 4 is 5.69 Å². The van der Waals surface area contributed by atoms with Crippen molar-refractivity contribution in [1.29, 1.82) is 0 Å². The number of fused-ring (bicyclic) bond motifs is 1. The summed E-state index contributed by atoms with van der Waals surface area (Å²) in [4.78, 5) is 0. The van der Waals surface area contributed by atoms with Gasteiger partial charge in [0.15, 0.2) is 0 Å². The molecule has 2 aromatic rings. The third kappa shape index (κ3) is 1.58. The molecule has 2 heterocycles. The van der Waals surface area contributed by atoms with Crippen molar-refractivity contribution in [3.63, 3.8) is 0 Å². The molecule has 3 rings (SSSR count). The Bertz CT molecular complexity index is 501. The van der Waals surface area contributed by atoms with Crippen LogP contribution in [-0.4, -0.2) is 9.78 Å². The van der Waals surface area contributed by atoms with Crippen molar-refractivity contribution in [2.24, 2.45) is 7.05 Å². The molecule has 0 aliphatic carbocycles. The second-order valence-corrected chi connectivity index (χ2v) is 4.34. The summed E-state index contributed by atoms with van der Waals surface area (Å²) in [5.74, 6) is 0. The lowest BCUT2D eigenvalue weighted by Crippen LogP contribution is -2.17. The molecule has 1 aromatic heterocycles. The Hall–Kier alpha value is -1.77. The van der Waals surface area contributed by atoms with E-state index in [1.165, 1.54) is 16.8 Å². The summed E-state index contributed by atoms with van der Waals surface area (Å²) in [6, 6.07) is 8.94. The summed E-state index contributed by atoms with van der Waals surface area (Å²) >= 11 is 0. The molecular formula is C13H15N3. The van der Waals surface area contributed by atoms with Gasteiger partial charge in [0.05, 0.1) is 12.2 Å². The largest absolute Gasteiger partial charge is 0.378 e. The van der Waals surface area contributed by atoms with E-state index in [9.17, 15) is 0 Å². The lowest BCUT2D eigenvalue weighted by molar-refractivity contribution is 0.666. The van der Waals surface area contributed by atoms with Gasteiger partial charge in [-0.15, -0.1) is 0 Å². The van der Waals surface area contributed by atoms with Gasteiger partial charge < -0.3 is 5.32 Å². The highest BCUT2D eigenvalue weighted by atomic mass is 15.2. The predicted molar refractivity (Wildman–Crippen MR) is 64.3 cm³/mol. The Labute approximate surface area is 95.1 Å². The normalized spacial score (nSPS) is 18.9. The molecule has 3 heteroatoms. The summed E-state index contributed by atoms with van der Waals surface area (Å²) in [6.07, 6.45) is 6.32. The molecule has 1 atom stereocenters. The molecule has 1 aromatic carbocycles. The molecule has 0 saturated carbocycles. The van der Waals surface area contributed by atoms with Gasteiger partial charge in [-0.25, -0.2) is 0 Å². The van der Waals surface area contributed by atoms with Gasteiger partial charge >= 0.3 is 0 Å². The highest BCUT2D eigenvalue weighted by Crippen LogP contribution is 2.31. The molecule has 1 aliphatic heterocycles. The summed E-state index contributed by atoms with van der Waals surface area (Å²) < 4.78 is 1.86. The van der Waals surface area contributed by atoms with E-state index in [1.54, 1.807) is 0 Å². The predicted octanol–water partition coefficient (Wildman–Crippen LogP) is 2.52. The van der Waals surface area contributed by atoms with E-state index in [2.05, 4.69) is 40.9 Å². The Morgan fingerprint density at radius 3 is 3.06 bits per heavy atom. The molecule has 1 aliphatic rings. The lowest BCUT2D eigenvalue weighted by Gasteiger charge is -2.26. The summed E-state index contributed by atoms with van der Waals surface area (Å²) in [6.45, 7) is 0. The van der Waals surface area contributed by atoms with Crippen LogP contribution >= 0.6 is 0 Å². The lowest BCUT2D eigenvalue weighted by atomic mass is 9.95. The highest BCUT2D eigenvalue weighted by molar-refractivity contribution is 5.54. The number of hydrogen-bond acceptors (Lipinski definition) is 2. The van der Waals surface area contributed by atoms with E-state index in [-0.39, 0.29) is 0 Å². The number of para-hydroxylation sites is 1. The number of aromatic nitrogens is 2. The first-order valence-corrected chi connectivity index (χ1v) is 5.66. The van der Waals surface area contributed by atoms with Gasteiger partial charge in [-0.05, 0) is 24.5 Å². The van der Waals surface area contributed by atoms with Gasteiger partial charge in [0.2, 0.25) is 0 Å². The van der Waals surface area contributed by atoms with E-state index in [4.69, 9.17) is 0 Å². The van der Waals surface area contributed by atoms with E-state index < -0.39 is 0 Å². The molecule has 0 bridgehead atoms. The first-order chi connectivity index (χ1) is 7.83. The van der Waals surface area contributed by atoms with Gasteiger partial charge in [0.1, 0.15) is 0 Å². The zero-order valence-electron chi connectivity index (χ0n) is 9.35. The van der Waals surface area contributed by atoms with Crippen molar-refractivity contribution in [3.8, 4) is 0 Å². The highest BCUT2D eigenvalue weighted by Gasteiger charge is 2.19. The maximum Gasteiger partial charge on any atom is 0.0548 e. The number of anilines is 1. The van der Waals surface area contributed by atoms with Crippen LogP contribution in [0, 0.1) is 0 Å². The van der Waals surface area contributed by atoms with Crippen LogP contribution in [0.3, 0.4) is 0 Å². The first-order valence-electron chi connectivity index (χ1n) is 5.66. The third-order valence-corrected chi connectivity index (χ3v) is 3.18. The summed E-state index contributed by atoms with van der Waals surface area (Å²) in [5.41, 5.74) is 3.96. The Kier molecular flexibility index (Phi) is 2.17. The van der Waals surface area contributed by atoms with Crippen molar-refractivity contribution in [3.05, 3.63) is 47.8 Å². The van der Waals surface area contributed by atoms with Crippen molar-refractivity contribution in [2.45, 2.75) is 18.9 Å². The Balaban J connectivity index is 1.88. The average molecular weight is 213 g/mol. The minimum absolute atomic E-state index is 0.406. The smallest absolute Gasteiger partial charge is 0.0548 e. The van der Waals surface area contributed by atoms with Gasteiger partial charge in [0.25, 0.3) is 0 Å². The number of benzene rings is 1. The molecule has 0 radical (unpaired) electrons. The van der Waals surface area contributed by atoms with Crippen LogP contribution < -0.4 is 5.32 Å². The van der Waals surface area contributed by atoms with Gasteiger partial charge in [-0.1, -0.05) is 18.2 Å². The van der Waals surface area contributed by atoms with Gasteiger partial charge in [0, 0.05) is 24.5 Å². The second kappa shape index (κ2) is 3.67. The van der Waals surface area contributed by atoms with Crippen LogP contribution in [0.4, 0.5) is 5.69 Å². The summed E-state index contributed by atoms with van der Waals surface area (Å²) in [5, 5.41) is 7.80. The maximum absolute atomic E-state index is 4.22. The van der Waals surface area contributed by atoms with E-state index in [0.29, 0.717) is 6.04 Å². The zero-order chi connectivity index (χ0) is 11.0. The molecule has 16 heavy (non-hydrogen) atoms. The number of nitrogens with one attached hydrogen (secondary N) is 1. The SMILES string of the molecule is Cn1cc([C@@H]2CCc3ccccc3N2)cn1.